The lowest BCUT2D eigenvalue weighted by atomic mass is 10.2. The van der Waals surface area contributed by atoms with E-state index in [0.29, 0.717) is 40.4 Å². The van der Waals surface area contributed by atoms with Crippen LogP contribution in [0, 0.1) is 0 Å². The molecule has 35 heavy (non-hydrogen) atoms. The van der Waals surface area contributed by atoms with Gasteiger partial charge in [0.15, 0.2) is 0 Å². The van der Waals surface area contributed by atoms with Crippen molar-refractivity contribution in [2.24, 2.45) is 7.05 Å². The van der Waals surface area contributed by atoms with Crippen LogP contribution < -0.4 is 11.1 Å². The van der Waals surface area contributed by atoms with Crippen LogP contribution in [0.1, 0.15) is 17.0 Å². The van der Waals surface area contributed by atoms with Crippen LogP contribution in [-0.2, 0) is 26.7 Å². The fraction of sp³-hybridized carbons (Fsp3) is 0.200. The Hall–Kier alpha value is -3.95. The Morgan fingerprint density at radius 3 is 2.63 bits per heavy atom. The molecule has 5 aromatic rings. The van der Waals surface area contributed by atoms with E-state index < -0.39 is 0 Å². The lowest BCUT2D eigenvalue weighted by Crippen LogP contribution is -2.29. The second kappa shape index (κ2) is 9.36. The molecule has 1 aromatic carbocycles. The molecule has 0 atom stereocenters. The van der Waals surface area contributed by atoms with Crippen LogP contribution in [0.4, 0.5) is 0 Å². The molecule has 5 rings (SSSR count). The summed E-state index contributed by atoms with van der Waals surface area (Å²) >= 11 is 6.37. The van der Waals surface area contributed by atoms with Crippen molar-refractivity contribution in [3.63, 3.8) is 0 Å². The van der Waals surface area contributed by atoms with Crippen molar-refractivity contribution in [1.82, 2.24) is 34.0 Å². The monoisotopic (exact) mass is 489 g/mol. The average Bonchev–Trinajstić information content (AvgIpc) is 3.39. The first kappa shape index (κ1) is 22.8. The van der Waals surface area contributed by atoms with Gasteiger partial charge < -0.3 is 4.57 Å². The van der Waals surface area contributed by atoms with Gasteiger partial charge in [0.05, 0.1) is 39.5 Å². The number of H-pyrrole nitrogens is 1. The van der Waals surface area contributed by atoms with Gasteiger partial charge in [-0.1, -0.05) is 29.8 Å². The molecular weight excluding hydrogens is 466 g/mol. The number of fused-ring (bicyclic) bond motifs is 1. The lowest BCUT2D eigenvalue weighted by molar-refractivity contribution is 0.310. The minimum atomic E-state index is -0.271. The minimum Gasteiger partial charge on any atom is -0.304 e. The van der Waals surface area contributed by atoms with Crippen molar-refractivity contribution in [2.45, 2.75) is 19.6 Å². The first-order valence-corrected chi connectivity index (χ1v) is 11.5. The summed E-state index contributed by atoms with van der Waals surface area (Å²) in [6.07, 6.45) is 5.36. The number of hydrogen-bond acceptors (Lipinski definition) is 5. The Bertz CT molecular complexity index is 1610. The number of aryl methyl sites for hydroxylation is 1. The fourth-order valence-corrected chi connectivity index (χ4v) is 4.49. The maximum atomic E-state index is 13.7. The number of nitrogens with zero attached hydrogens (tertiary/aromatic N) is 6. The number of hydrogen-bond donors (Lipinski definition) is 1. The molecule has 0 amide bonds. The van der Waals surface area contributed by atoms with Gasteiger partial charge in [0.2, 0.25) is 0 Å². The number of aromatic nitrogens is 6. The van der Waals surface area contributed by atoms with Crippen molar-refractivity contribution in [2.75, 3.05) is 7.05 Å². The highest BCUT2D eigenvalue weighted by Crippen LogP contribution is 2.21. The number of nitrogens with one attached hydrogen (secondary N) is 1. The maximum absolute atomic E-state index is 13.7. The molecular formula is C25H24ClN7O2. The molecule has 0 saturated heterocycles. The molecule has 178 valence electrons. The Morgan fingerprint density at radius 2 is 1.91 bits per heavy atom. The summed E-state index contributed by atoms with van der Waals surface area (Å²) in [5.41, 5.74) is 2.86. The summed E-state index contributed by atoms with van der Waals surface area (Å²) in [5, 5.41) is 8.38. The zero-order valence-corrected chi connectivity index (χ0v) is 20.1. The van der Waals surface area contributed by atoms with E-state index in [1.807, 2.05) is 49.5 Å². The summed E-state index contributed by atoms with van der Waals surface area (Å²) in [4.78, 5) is 33.2. The van der Waals surface area contributed by atoms with Crippen LogP contribution in [0.5, 0.6) is 0 Å². The Kier molecular flexibility index (Phi) is 6.10. The molecule has 1 N–H and O–H groups in total. The minimum absolute atomic E-state index is 0.222. The molecule has 4 heterocycles. The predicted octanol–water partition coefficient (Wildman–Crippen LogP) is 2.94. The summed E-state index contributed by atoms with van der Waals surface area (Å²) in [6.45, 7) is 1.22. The Morgan fingerprint density at radius 1 is 1.09 bits per heavy atom. The standard InChI is InChI=1S/C25H24ClN7O2/c1-30(14-17-6-5-10-27-13-17)16-22-24-20(12-23(34)32(22)15-18-9-11-31(2)28-18)29-33(25(24)35)21-8-4-3-7-19(21)26/h3-13,29H,14-16H2,1-2H3. The number of aromatic amines is 1. The van der Waals surface area contributed by atoms with Crippen LogP contribution in [-0.4, -0.2) is 41.1 Å². The highest BCUT2D eigenvalue weighted by atomic mass is 35.5. The highest BCUT2D eigenvalue weighted by molar-refractivity contribution is 6.32. The van der Waals surface area contributed by atoms with Gasteiger partial charge in [0.1, 0.15) is 0 Å². The van der Waals surface area contributed by atoms with E-state index in [1.54, 1.807) is 39.8 Å². The van der Waals surface area contributed by atoms with Gasteiger partial charge >= 0.3 is 0 Å². The van der Waals surface area contributed by atoms with E-state index in [1.165, 1.54) is 10.7 Å². The lowest BCUT2D eigenvalue weighted by Gasteiger charge is -2.20. The molecule has 0 spiro atoms. The van der Waals surface area contributed by atoms with E-state index in [-0.39, 0.29) is 17.7 Å². The summed E-state index contributed by atoms with van der Waals surface area (Å²) in [5.74, 6) is 0. The van der Waals surface area contributed by atoms with Crippen molar-refractivity contribution in [3.05, 3.63) is 110 Å². The summed E-state index contributed by atoms with van der Waals surface area (Å²) < 4.78 is 4.70. The predicted molar refractivity (Wildman–Crippen MR) is 135 cm³/mol. The van der Waals surface area contributed by atoms with Gasteiger partial charge in [-0.05, 0) is 36.9 Å². The van der Waals surface area contributed by atoms with Gasteiger partial charge in [0, 0.05) is 44.8 Å². The Labute approximate surface area is 205 Å². The summed E-state index contributed by atoms with van der Waals surface area (Å²) in [6, 6.07) is 14.3. The Balaban J connectivity index is 1.66. The van der Waals surface area contributed by atoms with Crippen molar-refractivity contribution >= 4 is 22.5 Å². The van der Waals surface area contributed by atoms with Gasteiger partial charge in [0.25, 0.3) is 11.1 Å². The van der Waals surface area contributed by atoms with Gasteiger partial charge in [-0.25, -0.2) is 4.68 Å². The molecule has 9 nitrogen and oxygen atoms in total. The number of pyridine rings is 2. The molecule has 0 fully saturated rings. The molecule has 0 saturated carbocycles. The maximum Gasteiger partial charge on any atom is 0.280 e. The summed E-state index contributed by atoms with van der Waals surface area (Å²) in [7, 11) is 3.77. The fourth-order valence-electron chi connectivity index (χ4n) is 4.27. The van der Waals surface area contributed by atoms with Crippen LogP contribution in [0.25, 0.3) is 16.6 Å². The topological polar surface area (TPSA) is 93.7 Å². The van der Waals surface area contributed by atoms with Gasteiger partial charge in [-0.15, -0.1) is 0 Å². The van der Waals surface area contributed by atoms with Gasteiger partial charge in [-0.2, -0.15) is 5.10 Å². The molecule has 0 aliphatic carbocycles. The zero-order valence-electron chi connectivity index (χ0n) is 19.3. The smallest absolute Gasteiger partial charge is 0.280 e. The third kappa shape index (κ3) is 4.55. The second-order valence-electron chi connectivity index (χ2n) is 8.52. The molecule has 4 aromatic heterocycles. The average molecular weight is 490 g/mol. The van der Waals surface area contributed by atoms with E-state index >= 15 is 0 Å². The number of rotatable bonds is 7. The van der Waals surface area contributed by atoms with E-state index in [9.17, 15) is 9.59 Å². The molecule has 10 heteroatoms. The SMILES string of the molecule is CN(Cc1cccnc1)Cc1c2c(=O)n(-c3ccccc3Cl)[nH]c2cc(=O)n1Cc1ccn(C)n1. The quantitative estimate of drug-likeness (QED) is 0.379. The normalized spacial score (nSPS) is 11.5. The van der Waals surface area contributed by atoms with E-state index in [4.69, 9.17) is 11.6 Å². The van der Waals surface area contributed by atoms with Crippen LogP contribution in [0.3, 0.4) is 0 Å². The molecule has 0 unspecified atom stereocenters. The van der Waals surface area contributed by atoms with E-state index in [0.717, 1.165) is 11.3 Å². The second-order valence-corrected chi connectivity index (χ2v) is 8.93. The third-order valence-corrected chi connectivity index (χ3v) is 6.16. The molecule has 0 aliphatic rings. The largest absolute Gasteiger partial charge is 0.304 e. The number of benzene rings is 1. The third-order valence-electron chi connectivity index (χ3n) is 5.84. The molecule has 0 aliphatic heterocycles. The van der Waals surface area contributed by atoms with Gasteiger partial charge in [-0.3, -0.25) is 29.3 Å². The van der Waals surface area contributed by atoms with Crippen molar-refractivity contribution in [3.8, 4) is 5.69 Å². The molecule has 0 bridgehead atoms. The van der Waals surface area contributed by atoms with Crippen LogP contribution in [0.15, 0.2) is 76.7 Å². The number of halogens is 1. The van der Waals surface area contributed by atoms with Crippen LogP contribution in [0.2, 0.25) is 5.02 Å². The zero-order chi connectivity index (χ0) is 24.5. The number of para-hydroxylation sites is 1. The molecule has 0 radical (unpaired) electrons. The first-order valence-electron chi connectivity index (χ1n) is 11.1. The highest BCUT2D eigenvalue weighted by Gasteiger charge is 2.20. The van der Waals surface area contributed by atoms with Crippen molar-refractivity contribution < 1.29 is 0 Å². The van der Waals surface area contributed by atoms with Crippen molar-refractivity contribution in [1.29, 1.82) is 0 Å². The van der Waals surface area contributed by atoms with Crippen LogP contribution >= 0.6 is 11.6 Å². The van der Waals surface area contributed by atoms with E-state index in [2.05, 4.69) is 15.2 Å². The first-order chi connectivity index (χ1) is 16.9.